The second-order valence-corrected chi connectivity index (χ2v) is 5.19. The van der Waals surface area contributed by atoms with Crippen molar-refractivity contribution in [3.05, 3.63) is 0 Å². The highest BCUT2D eigenvalue weighted by molar-refractivity contribution is 5.76. The van der Waals surface area contributed by atoms with Gasteiger partial charge in [0.1, 0.15) is 0 Å². The van der Waals surface area contributed by atoms with Crippen molar-refractivity contribution in [3.8, 4) is 0 Å². The summed E-state index contributed by atoms with van der Waals surface area (Å²) in [6, 6.07) is 0. The number of nitrogens with two attached hydrogens (primary N) is 1. The van der Waals surface area contributed by atoms with Crippen LogP contribution in [0.25, 0.3) is 0 Å². The van der Waals surface area contributed by atoms with Gasteiger partial charge in [0.05, 0.1) is 12.7 Å². The van der Waals surface area contributed by atoms with Gasteiger partial charge in [0.15, 0.2) is 0 Å². The van der Waals surface area contributed by atoms with E-state index in [1.54, 1.807) is 0 Å². The van der Waals surface area contributed by atoms with Gasteiger partial charge in [-0.3, -0.25) is 4.79 Å². The largest absolute Gasteiger partial charge is 0.376 e. The summed E-state index contributed by atoms with van der Waals surface area (Å²) in [6.07, 6.45) is 8.19. The van der Waals surface area contributed by atoms with Crippen LogP contribution in [0.5, 0.6) is 0 Å². The summed E-state index contributed by atoms with van der Waals surface area (Å²) in [5, 5.41) is 2.90. The van der Waals surface area contributed by atoms with Crippen LogP contribution in [-0.2, 0) is 9.53 Å². The molecule has 3 N–H and O–H groups in total. The Kier molecular flexibility index (Phi) is 8.01. The Morgan fingerprint density at radius 3 is 2.72 bits per heavy atom. The minimum absolute atomic E-state index is 0.0968. The van der Waals surface area contributed by atoms with Gasteiger partial charge in [-0.1, -0.05) is 32.6 Å². The number of amides is 1. The van der Waals surface area contributed by atoms with Gasteiger partial charge in [-0.2, -0.15) is 0 Å². The fraction of sp³-hybridized carbons (Fsp3) is 0.929. The first-order chi connectivity index (χ1) is 8.76. The van der Waals surface area contributed by atoms with Crippen LogP contribution in [0.2, 0.25) is 0 Å². The number of hydrogen-bond donors (Lipinski definition) is 2. The lowest BCUT2D eigenvalue weighted by molar-refractivity contribution is -0.122. The average molecular weight is 256 g/mol. The Bertz CT molecular complexity index is 224. The van der Waals surface area contributed by atoms with Crippen molar-refractivity contribution < 1.29 is 9.53 Å². The van der Waals surface area contributed by atoms with E-state index in [1.807, 2.05) is 0 Å². The van der Waals surface area contributed by atoms with Gasteiger partial charge in [-0.25, -0.2) is 0 Å². The van der Waals surface area contributed by atoms with E-state index in [2.05, 4.69) is 12.2 Å². The highest BCUT2D eigenvalue weighted by atomic mass is 16.5. The van der Waals surface area contributed by atoms with Crippen LogP contribution in [0.15, 0.2) is 0 Å². The number of nitrogens with one attached hydrogen (secondary N) is 1. The lowest BCUT2D eigenvalue weighted by Gasteiger charge is -2.22. The van der Waals surface area contributed by atoms with Gasteiger partial charge in [-0.15, -0.1) is 0 Å². The van der Waals surface area contributed by atoms with E-state index in [0.717, 1.165) is 6.42 Å². The van der Waals surface area contributed by atoms with Crippen LogP contribution in [-0.4, -0.2) is 31.7 Å². The third kappa shape index (κ3) is 6.36. The zero-order valence-electron chi connectivity index (χ0n) is 11.6. The molecule has 0 aromatic carbocycles. The summed E-state index contributed by atoms with van der Waals surface area (Å²) in [5.41, 5.74) is 5.58. The van der Waals surface area contributed by atoms with Crippen molar-refractivity contribution in [1.29, 1.82) is 0 Å². The van der Waals surface area contributed by atoms with E-state index in [4.69, 9.17) is 10.5 Å². The van der Waals surface area contributed by atoms with Gasteiger partial charge in [0, 0.05) is 13.0 Å². The summed E-state index contributed by atoms with van der Waals surface area (Å²) in [6.45, 7) is 3.91. The number of hydrogen-bond acceptors (Lipinski definition) is 3. The Morgan fingerprint density at radius 2 is 2.11 bits per heavy atom. The molecular weight excluding hydrogens is 228 g/mol. The van der Waals surface area contributed by atoms with E-state index in [0.29, 0.717) is 38.1 Å². The van der Waals surface area contributed by atoms with Crippen LogP contribution in [0.1, 0.15) is 51.9 Å². The molecule has 1 rings (SSSR count). The minimum Gasteiger partial charge on any atom is -0.376 e. The van der Waals surface area contributed by atoms with E-state index >= 15 is 0 Å². The van der Waals surface area contributed by atoms with Gasteiger partial charge >= 0.3 is 0 Å². The summed E-state index contributed by atoms with van der Waals surface area (Å²) in [4.78, 5) is 11.6. The molecule has 1 atom stereocenters. The molecule has 1 aliphatic carbocycles. The Labute approximate surface area is 111 Å². The SMILES string of the molecule is CCC(CN)CC(=O)NCCOC1CCCCC1. The van der Waals surface area contributed by atoms with Gasteiger partial charge < -0.3 is 15.8 Å². The minimum atomic E-state index is 0.0968. The summed E-state index contributed by atoms with van der Waals surface area (Å²) in [5.74, 6) is 0.406. The maximum Gasteiger partial charge on any atom is 0.220 e. The van der Waals surface area contributed by atoms with Gasteiger partial charge in [-0.05, 0) is 25.3 Å². The molecule has 1 amide bonds. The maximum absolute atomic E-state index is 11.6. The molecular formula is C14H28N2O2. The van der Waals surface area contributed by atoms with E-state index in [1.165, 1.54) is 32.1 Å². The molecule has 18 heavy (non-hydrogen) atoms. The monoisotopic (exact) mass is 256 g/mol. The first-order valence-electron chi connectivity index (χ1n) is 7.34. The number of ether oxygens (including phenoxy) is 1. The molecule has 0 aromatic heterocycles. The van der Waals surface area contributed by atoms with Gasteiger partial charge in [0.25, 0.3) is 0 Å². The van der Waals surface area contributed by atoms with E-state index in [-0.39, 0.29) is 5.91 Å². The van der Waals surface area contributed by atoms with Crippen molar-refractivity contribution in [2.24, 2.45) is 11.7 Å². The molecule has 1 unspecified atom stereocenters. The van der Waals surface area contributed by atoms with Crippen LogP contribution in [0.3, 0.4) is 0 Å². The maximum atomic E-state index is 11.6. The molecule has 0 heterocycles. The average Bonchev–Trinajstić information content (AvgIpc) is 2.42. The molecule has 1 fully saturated rings. The third-order valence-corrected chi connectivity index (χ3v) is 3.71. The molecule has 0 saturated heterocycles. The number of rotatable bonds is 8. The molecule has 1 saturated carbocycles. The summed E-state index contributed by atoms with van der Waals surface area (Å²) in [7, 11) is 0. The first kappa shape index (κ1) is 15.4. The Morgan fingerprint density at radius 1 is 1.39 bits per heavy atom. The van der Waals surface area contributed by atoms with E-state index < -0.39 is 0 Å². The van der Waals surface area contributed by atoms with Crippen molar-refractivity contribution in [2.45, 2.75) is 58.0 Å². The molecule has 0 bridgehead atoms. The molecule has 4 nitrogen and oxygen atoms in total. The first-order valence-corrected chi connectivity index (χ1v) is 7.34. The predicted octanol–water partition coefficient (Wildman–Crippen LogP) is 1.83. The third-order valence-electron chi connectivity index (χ3n) is 3.71. The molecule has 0 spiro atoms. The second kappa shape index (κ2) is 9.34. The second-order valence-electron chi connectivity index (χ2n) is 5.19. The normalized spacial score (nSPS) is 18.6. The summed E-state index contributed by atoms with van der Waals surface area (Å²) >= 11 is 0. The molecule has 0 radical (unpaired) electrons. The molecule has 0 aliphatic heterocycles. The predicted molar refractivity (Wildman–Crippen MR) is 73.3 cm³/mol. The fourth-order valence-corrected chi connectivity index (χ4v) is 2.38. The van der Waals surface area contributed by atoms with Crippen molar-refractivity contribution in [1.82, 2.24) is 5.32 Å². The molecule has 0 aromatic rings. The number of carbonyl (C=O) groups is 1. The molecule has 106 valence electrons. The Balaban J connectivity index is 2.01. The highest BCUT2D eigenvalue weighted by Gasteiger charge is 2.14. The highest BCUT2D eigenvalue weighted by Crippen LogP contribution is 2.19. The zero-order valence-corrected chi connectivity index (χ0v) is 11.6. The lowest BCUT2D eigenvalue weighted by atomic mass is 9.98. The Hall–Kier alpha value is -0.610. The zero-order chi connectivity index (χ0) is 13.2. The quantitative estimate of drug-likeness (QED) is 0.651. The van der Waals surface area contributed by atoms with Gasteiger partial charge in [0.2, 0.25) is 5.91 Å². The van der Waals surface area contributed by atoms with Crippen LogP contribution < -0.4 is 11.1 Å². The lowest BCUT2D eigenvalue weighted by Crippen LogP contribution is -2.31. The van der Waals surface area contributed by atoms with Crippen molar-refractivity contribution >= 4 is 5.91 Å². The molecule has 1 aliphatic rings. The van der Waals surface area contributed by atoms with Crippen molar-refractivity contribution in [2.75, 3.05) is 19.7 Å². The standard InChI is InChI=1S/C14H28N2O2/c1-2-12(11-15)10-14(17)16-8-9-18-13-6-4-3-5-7-13/h12-13H,2-11,15H2,1H3,(H,16,17). The summed E-state index contributed by atoms with van der Waals surface area (Å²) < 4.78 is 5.75. The number of carbonyl (C=O) groups excluding carboxylic acids is 1. The van der Waals surface area contributed by atoms with Crippen molar-refractivity contribution in [3.63, 3.8) is 0 Å². The van der Waals surface area contributed by atoms with E-state index in [9.17, 15) is 4.79 Å². The molecule has 4 heteroatoms. The van der Waals surface area contributed by atoms with Crippen LogP contribution >= 0.6 is 0 Å². The smallest absolute Gasteiger partial charge is 0.220 e. The van der Waals surface area contributed by atoms with Crippen LogP contribution in [0, 0.1) is 5.92 Å². The topological polar surface area (TPSA) is 64.4 Å². The fourth-order valence-electron chi connectivity index (χ4n) is 2.38. The van der Waals surface area contributed by atoms with Crippen LogP contribution in [0.4, 0.5) is 0 Å².